The Morgan fingerprint density at radius 2 is 1.88 bits per heavy atom. The average molecular weight is 458 g/mol. The van der Waals surface area contributed by atoms with Crippen LogP contribution in [-0.2, 0) is 24.1 Å². The fourth-order valence-electron chi connectivity index (χ4n) is 5.23. The van der Waals surface area contributed by atoms with Crippen molar-refractivity contribution in [3.05, 3.63) is 88.0 Å². The lowest BCUT2D eigenvalue weighted by atomic mass is 9.92. The van der Waals surface area contributed by atoms with E-state index in [0.29, 0.717) is 13.0 Å². The van der Waals surface area contributed by atoms with Gasteiger partial charge >= 0.3 is 0 Å². The number of rotatable bonds is 4. The molecule has 0 aliphatic carbocycles. The zero-order chi connectivity index (χ0) is 23.7. The van der Waals surface area contributed by atoms with Gasteiger partial charge in [0.1, 0.15) is 11.5 Å². The normalized spacial score (nSPS) is 19.3. The van der Waals surface area contributed by atoms with Crippen LogP contribution in [0.2, 0.25) is 0 Å². The maximum atomic E-state index is 13.4. The molecule has 34 heavy (non-hydrogen) atoms. The lowest BCUT2D eigenvalue weighted by Crippen LogP contribution is -2.47. The molecule has 0 aromatic heterocycles. The van der Waals surface area contributed by atoms with E-state index in [1.54, 1.807) is 18.2 Å². The van der Waals surface area contributed by atoms with Gasteiger partial charge in [0.05, 0.1) is 12.1 Å². The highest BCUT2D eigenvalue weighted by Crippen LogP contribution is 2.32. The quantitative estimate of drug-likeness (QED) is 0.412. The number of benzene rings is 3. The molecule has 2 unspecified atom stereocenters. The number of phenols is 2. The Labute approximate surface area is 200 Å². The number of hydrogen-bond acceptors (Lipinski definition) is 5. The molecule has 0 saturated carbocycles. The second-order valence-corrected chi connectivity index (χ2v) is 9.41. The summed E-state index contributed by atoms with van der Waals surface area (Å²) < 4.78 is 0. The van der Waals surface area contributed by atoms with E-state index in [1.165, 1.54) is 0 Å². The molecule has 3 aromatic rings. The SMILES string of the molecule is Cc1cc(O)cc2c1CC(C(=O)NC1CCNc3ccc(Cc4cccc(O)c4)cc31)NCC2. The van der Waals surface area contributed by atoms with Crippen molar-refractivity contribution in [1.82, 2.24) is 10.6 Å². The van der Waals surface area contributed by atoms with Crippen molar-refractivity contribution in [1.29, 1.82) is 0 Å². The maximum absolute atomic E-state index is 13.4. The molecule has 0 radical (unpaired) electrons. The highest BCUT2D eigenvalue weighted by atomic mass is 16.3. The van der Waals surface area contributed by atoms with Gasteiger partial charge in [-0.2, -0.15) is 0 Å². The van der Waals surface area contributed by atoms with Crippen LogP contribution in [0.3, 0.4) is 0 Å². The summed E-state index contributed by atoms with van der Waals surface area (Å²) in [7, 11) is 0. The molecule has 5 rings (SSSR count). The van der Waals surface area contributed by atoms with E-state index in [9.17, 15) is 15.0 Å². The summed E-state index contributed by atoms with van der Waals surface area (Å²) in [5, 5.41) is 29.9. The van der Waals surface area contributed by atoms with Crippen LogP contribution in [-0.4, -0.2) is 35.3 Å². The summed E-state index contributed by atoms with van der Waals surface area (Å²) >= 11 is 0. The van der Waals surface area contributed by atoms with Crippen molar-refractivity contribution in [2.75, 3.05) is 18.4 Å². The van der Waals surface area contributed by atoms with Crippen molar-refractivity contribution < 1.29 is 15.0 Å². The zero-order valence-electron chi connectivity index (χ0n) is 19.4. The first kappa shape index (κ1) is 22.3. The fraction of sp³-hybridized carbons (Fsp3) is 0.321. The monoisotopic (exact) mass is 457 g/mol. The molecule has 176 valence electrons. The summed E-state index contributed by atoms with van der Waals surface area (Å²) in [4.78, 5) is 13.4. The number of hydrogen-bond donors (Lipinski definition) is 5. The Bertz CT molecular complexity index is 1220. The van der Waals surface area contributed by atoms with Crippen molar-refractivity contribution >= 4 is 11.6 Å². The molecule has 3 aromatic carbocycles. The van der Waals surface area contributed by atoms with Crippen LogP contribution in [0.15, 0.2) is 54.6 Å². The second kappa shape index (κ2) is 9.39. The molecular formula is C28H31N3O3. The molecular weight excluding hydrogens is 426 g/mol. The third-order valence-corrected chi connectivity index (χ3v) is 6.94. The van der Waals surface area contributed by atoms with E-state index in [1.807, 2.05) is 25.1 Å². The van der Waals surface area contributed by atoms with E-state index < -0.39 is 0 Å². The first-order valence-electron chi connectivity index (χ1n) is 12.0. The number of carbonyl (C=O) groups excluding carboxylic acids is 1. The van der Waals surface area contributed by atoms with Crippen molar-refractivity contribution in [2.24, 2.45) is 0 Å². The van der Waals surface area contributed by atoms with Crippen LogP contribution in [0.25, 0.3) is 0 Å². The molecule has 5 N–H and O–H groups in total. The summed E-state index contributed by atoms with van der Waals surface area (Å²) in [5.74, 6) is 0.564. The van der Waals surface area contributed by atoms with Crippen LogP contribution in [0, 0.1) is 6.92 Å². The van der Waals surface area contributed by atoms with Crippen molar-refractivity contribution in [3.63, 3.8) is 0 Å². The minimum atomic E-state index is -0.307. The molecule has 0 fully saturated rings. The molecule has 6 heteroatoms. The average Bonchev–Trinajstić information content (AvgIpc) is 3.02. The zero-order valence-corrected chi connectivity index (χ0v) is 19.4. The van der Waals surface area contributed by atoms with E-state index in [0.717, 1.165) is 64.9 Å². The topological polar surface area (TPSA) is 93.6 Å². The molecule has 2 heterocycles. The van der Waals surface area contributed by atoms with Crippen LogP contribution in [0.1, 0.15) is 45.8 Å². The third-order valence-electron chi connectivity index (χ3n) is 6.94. The largest absolute Gasteiger partial charge is 0.508 e. The molecule has 0 bridgehead atoms. The summed E-state index contributed by atoms with van der Waals surface area (Å²) in [6.45, 7) is 3.50. The Balaban J connectivity index is 1.34. The molecule has 0 spiro atoms. The first-order valence-corrected chi connectivity index (χ1v) is 12.0. The van der Waals surface area contributed by atoms with Gasteiger partial charge < -0.3 is 26.2 Å². The molecule has 0 saturated heterocycles. The smallest absolute Gasteiger partial charge is 0.237 e. The molecule has 1 amide bonds. The molecule has 6 nitrogen and oxygen atoms in total. The number of fused-ring (bicyclic) bond motifs is 2. The Hall–Kier alpha value is -3.51. The summed E-state index contributed by atoms with van der Waals surface area (Å²) in [5.41, 5.74) is 7.65. The van der Waals surface area contributed by atoms with Gasteiger partial charge in [0, 0.05) is 12.2 Å². The minimum absolute atomic E-state index is 0.0107. The number of nitrogens with one attached hydrogen (secondary N) is 3. The van der Waals surface area contributed by atoms with Crippen molar-refractivity contribution in [3.8, 4) is 11.5 Å². The summed E-state index contributed by atoms with van der Waals surface area (Å²) in [6.07, 6.45) is 2.95. The van der Waals surface area contributed by atoms with E-state index >= 15 is 0 Å². The van der Waals surface area contributed by atoms with Gasteiger partial charge in [0.25, 0.3) is 0 Å². The predicted molar refractivity (Wildman–Crippen MR) is 133 cm³/mol. The van der Waals surface area contributed by atoms with E-state index in [4.69, 9.17) is 0 Å². The van der Waals surface area contributed by atoms with Crippen LogP contribution in [0.5, 0.6) is 11.5 Å². The highest BCUT2D eigenvalue weighted by molar-refractivity contribution is 5.83. The Morgan fingerprint density at radius 1 is 1.03 bits per heavy atom. The molecule has 2 atom stereocenters. The molecule has 2 aliphatic heterocycles. The van der Waals surface area contributed by atoms with Gasteiger partial charge in [-0.15, -0.1) is 0 Å². The fourth-order valence-corrected chi connectivity index (χ4v) is 5.23. The number of amides is 1. The number of carbonyl (C=O) groups is 1. The number of anilines is 1. The number of aryl methyl sites for hydroxylation is 1. The van der Waals surface area contributed by atoms with E-state index in [2.05, 4.69) is 34.1 Å². The van der Waals surface area contributed by atoms with Gasteiger partial charge in [-0.25, -0.2) is 0 Å². The third kappa shape index (κ3) is 4.73. The maximum Gasteiger partial charge on any atom is 0.237 e. The van der Waals surface area contributed by atoms with Gasteiger partial charge in [-0.1, -0.05) is 24.3 Å². The lowest BCUT2D eigenvalue weighted by molar-refractivity contribution is -0.123. The van der Waals surface area contributed by atoms with Crippen LogP contribution in [0.4, 0.5) is 5.69 Å². The predicted octanol–water partition coefficient (Wildman–Crippen LogP) is 3.73. The summed E-state index contributed by atoms with van der Waals surface area (Å²) in [6, 6.07) is 16.9. The minimum Gasteiger partial charge on any atom is -0.508 e. The second-order valence-electron chi connectivity index (χ2n) is 9.41. The van der Waals surface area contributed by atoms with Gasteiger partial charge in [0.15, 0.2) is 0 Å². The first-order chi connectivity index (χ1) is 16.5. The molecule has 2 aliphatic rings. The standard InChI is InChI=1S/C28H31N3O3/c1-17-11-22(33)15-20-7-9-30-27(16-23(17)20)28(34)31-26-8-10-29-25-6-5-19(14-24(25)26)12-18-3-2-4-21(32)13-18/h2-6,11,13-15,26-27,29-30,32-33H,7-10,12,16H2,1H3,(H,31,34). The van der Waals surface area contributed by atoms with Gasteiger partial charge in [-0.3, -0.25) is 4.79 Å². The Kier molecular flexibility index (Phi) is 6.16. The van der Waals surface area contributed by atoms with Gasteiger partial charge in [0.2, 0.25) is 5.91 Å². The Morgan fingerprint density at radius 3 is 2.74 bits per heavy atom. The van der Waals surface area contributed by atoms with E-state index in [-0.39, 0.29) is 29.5 Å². The number of aromatic hydroxyl groups is 2. The van der Waals surface area contributed by atoms with Crippen LogP contribution < -0.4 is 16.0 Å². The van der Waals surface area contributed by atoms with Gasteiger partial charge in [-0.05, 0) is 103 Å². The number of phenolic OH excluding ortho intramolecular Hbond substituents is 2. The lowest BCUT2D eigenvalue weighted by Gasteiger charge is -2.29. The van der Waals surface area contributed by atoms with Crippen molar-refractivity contribution in [2.45, 2.75) is 44.7 Å². The highest BCUT2D eigenvalue weighted by Gasteiger charge is 2.28. The van der Waals surface area contributed by atoms with Crippen LogP contribution >= 0.6 is 0 Å².